The van der Waals surface area contributed by atoms with Crippen LogP contribution in [0.3, 0.4) is 0 Å². The van der Waals surface area contributed by atoms with Gasteiger partial charge in [-0.05, 0) is 47.6 Å². The fraction of sp³-hybridized carbons (Fsp3) is 0.444. The van der Waals surface area contributed by atoms with Crippen molar-refractivity contribution in [2.24, 2.45) is 0 Å². The van der Waals surface area contributed by atoms with E-state index in [1.807, 2.05) is 22.6 Å². The third-order valence-corrected chi connectivity index (χ3v) is 2.72. The fourth-order valence-electron chi connectivity index (χ4n) is 1.25. The van der Waals surface area contributed by atoms with Crippen molar-refractivity contribution in [2.75, 3.05) is 0 Å². The molecule has 0 aromatic carbocycles. The van der Waals surface area contributed by atoms with Crippen molar-refractivity contribution in [3.05, 3.63) is 27.1 Å². The van der Waals surface area contributed by atoms with Crippen LogP contribution in [0.5, 0.6) is 0 Å². The van der Waals surface area contributed by atoms with E-state index in [1.54, 1.807) is 6.07 Å². The Hall–Kier alpha value is -0.330. The molecule has 0 saturated heterocycles. The quantitative estimate of drug-likeness (QED) is 0.722. The van der Waals surface area contributed by atoms with Crippen LogP contribution in [-0.2, 0) is 6.18 Å². The van der Waals surface area contributed by atoms with Gasteiger partial charge in [0.15, 0.2) is 0 Å². The lowest BCUT2D eigenvalue weighted by Crippen LogP contribution is -2.09. The van der Waals surface area contributed by atoms with E-state index in [-0.39, 0.29) is 5.92 Å². The molecule has 0 spiro atoms. The van der Waals surface area contributed by atoms with E-state index in [9.17, 15) is 13.2 Å². The zero-order valence-corrected chi connectivity index (χ0v) is 9.26. The van der Waals surface area contributed by atoms with Crippen LogP contribution < -0.4 is 0 Å². The average Bonchev–Trinajstić information content (AvgIpc) is 2.83. The zero-order valence-electron chi connectivity index (χ0n) is 7.11. The van der Waals surface area contributed by atoms with Gasteiger partial charge in [0.25, 0.3) is 0 Å². The lowest BCUT2D eigenvalue weighted by molar-refractivity contribution is -0.141. The summed E-state index contributed by atoms with van der Waals surface area (Å²) in [5.41, 5.74) is -0.185. The highest BCUT2D eigenvalue weighted by atomic mass is 127. The third-order valence-electron chi connectivity index (χ3n) is 2.10. The molecule has 76 valence electrons. The summed E-state index contributed by atoms with van der Waals surface area (Å²) < 4.78 is 37.7. The van der Waals surface area contributed by atoms with Gasteiger partial charge in [-0.3, -0.25) is 0 Å². The van der Waals surface area contributed by atoms with Gasteiger partial charge in [0.2, 0.25) is 0 Å². The van der Waals surface area contributed by atoms with Crippen molar-refractivity contribution in [1.29, 1.82) is 0 Å². The maximum absolute atomic E-state index is 12.4. The van der Waals surface area contributed by atoms with Crippen LogP contribution in [0, 0.1) is 3.57 Å². The molecule has 5 heteroatoms. The molecule has 0 unspecified atom stereocenters. The first-order chi connectivity index (χ1) is 6.47. The first-order valence-electron chi connectivity index (χ1n) is 4.21. The van der Waals surface area contributed by atoms with E-state index in [0.29, 0.717) is 9.26 Å². The van der Waals surface area contributed by atoms with Crippen LogP contribution in [0.4, 0.5) is 13.2 Å². The molecule has 0 N–H and O–H groups in total. The maximum Gasteiger partial charge on any atom is 0.433 e. The number of nitrogens with zero attached hydrogens (tertiary/aromatic N) is 1. The normalized spacial score (nSPS) is 17.1. The Labute approximate surface area is 92.9 Å². The van der Waals surface area contributed by atoms with Crippen molar-refractivity contribution in [1.82, 2.24) is 4.98 Å². The second-order valence-corrected chi connectivity index (χ2v) is 4.61. The summed E-state index contributed by atoms with van der Waals surface area (Å²) in [6.07, 6.45) is -2.40. The van der Waals surface area contributed by atoms with Crippen LogP contribution in [0.15, 0.2) is 12.1 Å². The Morgan fingerprint density at radius 2 is 1.93 bits per heavy atom. The smallest absolute Gasteiger partial charge is 0.248 e. The molecule has 14 heavy (non-hydrogen) atoms. The monoisotopic (exact) mass is 313 g/mol. The van der Waals surface area contributed by atoms with Gasteiger partial charge >= 0.3 is 6.18 Å². The Balaban J connectivity index is 2.41. The van der Waals surface area contributed by atoms with E-state index in [0.717, 1.165) is 18.9 Å². The van der Waals surface area contributed by atoms with Gasteiger partial charge in [-0.25, -0.2) is 4.98 Å². The minimum Gasteiger partial charge on any atom is -0.248 e. The molecule has 1 heterocycles. The summed E-state index contributed by atoms with van der Waals surface area (Å²) in [6.45, 7) is 0. The van der Waals surface area contributed by atoms with Gasteiger partial charge in [0, 0.05) is 15.2 Å². The van der Waals surface area contributed by atoms with E-state index >= 15 is 0 Å². The van der Waals surface area contributed by atoms with Crippen LogP contribution in [-0.4, -0.2) is 4.98 Å². The Kier molecular flexibility index (Phi) is 2.45. The molecule has 0 aliphatic heterocycles. The van der Waals surface area contributed by atoms with Crippen LogP contribution in [0.1, 0.15) is 30.1 Å². The second kappa shape index (κ2) is 3.36. The molecular weight excluding hydrogens is 306 g/mol. The SMILES string of the molecule is FC(F)(F)c1cc(I)cc(C2CC2)n1. The van der Waals surface area contributed by atoms with Gasteiger partial charge in [-0.1, -0.05) is 0 Å². The number of pyridine rings is 1. The zero-order chi connectivity index (χ0) is 10.3. The molecule has 1 aromatic heterocycles. The van der Waals surface area contributed by atoms with Crippen molar-refractivity contribution >= 4 is 22.6 Å². The molecule has 0 amide bonds. The average molecular weight is 313 g/mol. The number of hydrogen-bond donors (Lipinski definition) is 0. The lowest BCUT2D eigenvalue weighted by atomic mass is 10.2. The molecule has 1 saturated carbocycles. The van der Waals surface area contributed by atoms with Gasteiger partial charge in [0.1, 0.15) is 5.69 Å². The Bertz CT molecular complexity index is 358. The minimum absolute atomic E-state index is 0.255. The highest BCUT2D eigenvalue weighted by Crippen LogP contribution is 2.40. The maximum atomic E-state index is 12.4. The molecule has 1 aliphatic carbocycles. The van der Waals surface area contributed by atoms with Crippen LogP contribution in [0.25, 0.3) is 0 Å². The topological polar surface area (TPSA) is 12.9 Å². The van der Waals surface area contributed by atoms with Crippen molar-refractivity contribution in [2.45, 2.75) is 24.9 Å². The summed E-state index contributed by atoms with van der Waals surface area (Å²) >= 11 is 1.89. The highest BCUT2D eigenvalue weighted by Gasteiger charge is 2.35. The van der Waals surface area contributed by atoms with Gasteiger partial charge in [-0.15, -0.1) is 0 Å². The third kappa shape index (κ3) is 2.18. The second-order valence-electron chi connectivity index (χ2n) is 3.37. The van der Waals surface area contributed by atoms with E-state index in [4.69, 9.17) is 0 Å². The predicted octanol–water partition coefficient (Wildman–Crippen LogP) is 3.58. The molecule has 2 rings (SSSR count). The largest absolute Gasteiger partial charge is 0.433 e. The molecule has 0 atom stereocenters. The standard InChI is InChI=1S/C9H7F3IN/c10-9(11,12)8-4-6(13)3-7(14-8)5-1-2-5/h3-5H,1-2H2. The molecular formula is C9H7F3IN. The van der Waals surface area contributed by atoms with E-state index in [2.05, 4.69) is 4.98 Å². The van der Waals surface area contributed by atoms with E-state index < -0.39 is 11.9 Å². The molecule has 0 radical (unpaired) electrons. The molecule has 1 nitrogen and oxygen atoms in total. The number of hydrogen-bond acceptors (Lipinski definition) is 1. The van der Waals surface area contributed by atoms with Crippen molar-refractivity contribution in [3.63, 3.8) is 0 Å². The predicted molar refractivity (Wildman–Crippen MR) is 53.9 cm³/mol. The first-order valence-corrected chi connectivity index (χ1v) is 5.29. The van der Waals surface area contributed by atoms with Gasteiger partial charge < -0.3 is 0 Å². The Morgan fingerprint density at radius 1 is 1.29 bits per heavy atom. The first kappa shape index (κ1) is 10.2. The van der Waals surface area contributed by atoms with Gasteiger partial charge in [0.05, 0.1) is 0 Å². The van der Waals surface area contributed by atoms with Crippen LogP contribution >= 0.6 is 22.6 Å². The summed E-state index contributed by atoms with van der Waals surface area (Å²) in [5, 5.41) is 0. The Morgan fingerprint density at radius 3 is 2.43 bits per heavy atom. The van der Waals surface area contributed by atoms with Crippen molar-refractivity contribution in [3.8, 4) is 0 Å². The minimum atomic E-state index is -4.33. The molecule has 0 bridgehead atoms. The molecule has 1 fully saturated rings. The van der Waals surface area contributed by atoms with E-state index in [1.165, 1.54) is 0 Å². The van der Waals surface area contributed by atoms with Crippen molar-refractivity contribution < 1.29 is 13.2 Å². The fourth-order valence-corrected chi connectivity index (χ4v) is 1.86. The summed E-state index contributed by atoms with van der Waals surface area (Å²) in [5.74, 6) is 0.255. The molecule has 1 aromatic rings. The van der Waals surface area contributed by atoms with Crippen LogP contribution in [0.2, 0.25) is 0 Å². The lowest BCUT2D eigenvalue weighted by Gasteiger charge is -2.08. The number of alkyl halides is 3. The highest BCUT2D eigenvalue weighted by molar-refractivity contribution is 14.1. The molecule has 1 aliphatic rings. The summed E-state index contributed by atoms with van der Waals surface area (Å²) in [4.78, 5) is 3.64. The summed E-state index contributed by atoms with van der Waals surface area (Å²) in [7, 11) is 0. The summed E-state index contributed by atoms with van der Waals surface area (Å²) in [6, 6.07) is 2.81. The number of rotatable bonds is 1. The number of aromatic nitrogens is 1. The van der Waals surface area contributed by atoms with Gasteiger partial charge in [-0.2, -0.15) is 13.2 Å². The number of halogens is 4.